The van der Waals surface area contributed by atoms with Crippen molar-refractivity contribution < 1.29 is 4.79 Å². The number of nitrogens with zero attached hydrogens (tertiary/aromatic N) is 2. The number of carbonyl (C=O) groups excluding carboxylic acids is 1. The molecule has 1 aromatic heterocycles. The van der Waals surface area contributed by atoms with Crippen LogP contribution < -0.4 is 4.90 Å². The fourth-order valence-electron chi connectivity index (χ4n) is 2.05. The van der Waals surface area contributed by atoms with Crippen LogP contribution in [0.3, 0.4) is 0 Å². The van der Waals surface area contributed by atoms with E-state index in [1.54, 1.807) is 6.20 Å². The third kappa shape index (κ3) is 2.81. The van der Waals surface area contributed by atoms with E-state index >= 15 is 0 Å². The molecule has 0 radical (unpaired) electrons. The lowest BCUT2D eigenvalue weighted by Gasteiger charge is -2.20. The summed E-state index contributed by atoms with van der Waals surface area (Å²) in [7, 11) is 1.98. The molecule has 0 aliphatic carbocycles. The van der Waals surface area contributed by atoms with E-state index in [1.807, 2.05) is 62.2 Å². The molecule has 2 aromatic rings. The molecule has 0 saturated carbocycles. The second kappa shape index (κ2) is 5.65. The van der Waals surface area contributed by atoms with Crippen LogP contribution in [-0.4, -0.2) is 17.8 Å². The van der Waals surface area contributed by atoms with Gasteiger partial charge in [-0.1, -0.05) is 25.1 Å². The van der Waals surface area contributed by atoms with Crippen molar-refractivity contribution in [2.75, 3.05) is 11.9 Å². The lowest BCUT2D eigenvalue weighted by Crippen LogP contribution is -2.13. The first-order valence-corrected chi connectivity index (χ1v) is 6.42. The topological polar surface area (TPSA) is 33.2 Å². The summed E-state index contributed by atoms with van der Waals surface area (Å²) < 4.78 is 0. The van der Waals surface area contributed by atoms with Crippen molar-refractivity contribution in [3.8, 4) is 0 Å². The zero-order chi connectivity index (χ0) is 13.8. The van der Waals surface area contributed by atoms with Gasteiger partial charge in [-0.15, -0.1) is 0 Å². The van der Waals surface area contributed by atoms with Crippen molar-refractivity contribution in [3.05, 3.63) is 53.7 Å². The smallest absolute Gasteiger partial charge is 0.164 e. The second-order valence-electron chi connectivity index (χ2n) is 4.54. The molecule has 3 heteroatoms. The van der Waals surface area contributed by atoms with Crippen LogP contribution in [0.2, 0.25) is 0 Å². The maximum atomic E-state index is 11.7. The van der Waals surface area contributed by atoms with Gasteiger partial charge in [0.2, 0.25) is 0 Å². The molecule has 0 spiro atoms. The van der Waals surface area contributed by atoms with Crippen molar-refractivity contribution in [3.63, 3.8) is 0 Å². The average molecular weight is 254 g/mol. The van der Waals surface area contributed by atoms with Gasteiger partial charge in [0.1, 0.15) is 5.82 Å². The molecule has 0 amide bonds. The minimum atomic E-state index is 0.129. The number of anilines is 2. The maximum absolute atomic E-state index is 11.7. The predicted molar refractivity (Wildman–Crippen MR) is 78.1 cm³/mol. The molecule has 0 aliphatic rings. The second-order valence-corrected chi connectivity index (χ2v) is 4.54. The number of hydrogen-bond acceptors (Lipinski definition) is 3. The molecular weight excluding hydrogens is 236 g/mol. The van der Waals surface area contributed by atoms with Gasteiger partial charge in [0.15, 0.2) is 5.78 Å². The monoisotopic (exact) mass is 254 g/mol. The largest absolute Gasteiger partial charge is 0.329 e. The number of Topliss-reactive ketones (excluding diaryl/α,β-unsaturated/α-hetero) is 1. The Labute approximate surface area is 113 Å². The van der Waals surface area contributed by atoms with Gasteiger partial charge >= 0.3 is 0 Å². The van der Waals surface area contributed by atoms with Crippen LogP contribution >= 0.6 is 0 Å². The van der Waals surface area contributed by atoms with Gasteiger partial charge in [0.05, 0.1) is 0 Å². The first-order valence-electron chi connectivity index (χ1n) is 6.42. The number of hydrogen-bond donors (Lipinski definition) is 0. The minimum absolute atomic E-state index is 0.129. The van der Waals surface area contributed by atoms with Gasteiger partial charge in [0.25, 0.3) is 0 Å². The van der Waals surface area contributed by atoms with E-state index < -0.39 is 0 Å². The van der Waals surface area contributed by atoms with E-state index in [0.29, 0.717) is 12.0 Å². The van der Waals surface area contributed by atoms with Crippen LogP contribution in [0.4, 0.5) is 11.5 Å². The summed E-state index contributed by atoms with van der Waals surface area (Å²) in [5, 5.41) is 0. The summed E-state index contributed by atoms with van der Waals surface area (Å²) in [5.41, 5.74) is 2.77. The molecule has 3 nitrogen and oxygen atoms in total. The highest BCUT2D eigenvalue weighted by molar-refractivity contribution is 5.96. The van der Waals surface area contributed by atoms with Gasteiger partial charge in [-0.2, -0.15) is 0 Å². The van der Waals surface area contributed by atoms with Crippen LogP contribution in [0.15, 0.2) is 42.6 Å². The number of aromatic nitrogens is 1. The Balaban J connectivity index is 2.34. The normalized spacial score (nSPS) is 10.3. The van der Waals surface area contributed by atoms with E-state index in [-0.39, 0.29) is 5.78 Å². The molecule has 0 atom stereocenters. The summed E-state index contributed by atoms with van der Waals surface area (Å²) in [5.74, 6) is 1.00. The standard InChI is InChI=1S/C16H18N2O/c1-4-15(19)13-10-12(2)16(17-11-13)18(3)14-8-6-5-7-9-14/h5-11H,4H2,1-3H3. The van der Waals surface area contributed by atoms with Crippen molar-refractivity contribution >= 4 is 17.3 Å². The molecule has 0 N–H and O–H groups in total. The lowest BCUT2D eigenvalue weighted by atomic mass is 10.1. The third-order valence-corrected chi connectivity index (χ3v) is 3.15. The highest BCUT2D eigenvalue weighted by atomic mass is 16.1. The summed E-state index contributed by atoms with van der Waals surface area (Å²) in [6.45, 7) is 3.84. The molecule has 98 valence electrons. The number of para-hydroxylation sites is 1. The van der Waals surface area contributed by atoms with Crippen LogP contribution in [0.1, 0.15) is 29.3 Å². The van der Waals surface area contributed by atoms with Crippen molar-refractivity contribution in [2.24, 2.45) is 0 Å². The Bertz CT molecular complexity index is 579. The lowest BCUT2D eigenvalue weighted by molar-refractivity contribution is 0.0988. The van der Waals surface area contributed by atoms with Gasteiger partial charge < -0.3 is 4.90 Å². The molecule has 2 rings (SSSR count). The molecule has 0 saturated heterocycles. The zero-order valence-corrected chi connectivity index (χ0v) is 11.6. The predicted octanol–water partition coefficient (Wildman–Crippen LogP) is 3.75. The van der Waals surface area contributed by atoms with Crippen LogP contribution in [0, 0.1) is 6.92 Å². The van der Waals surface area contributed by atoms with Gasteiger partial charge in [0, 0.05) is 30.9 Å². The number of benzene rings is 1. The van der Waals surface area contributed by atoms with E-state index in [1.165, 1.54) is 0 Å². The number of ketones is 1. The Morgan fingerprint density at radius 2 is 1.95 bits per heavy atom. The third-order valence-electron chi connectivity index (χ3n) is 3.15. The van der Waals surface area contributed by atoms with Crippen LogP contribution in [-0.2, 0) is 0 Å². The first kappa shape index (κ1) is 13.3. The van der Waals surface area contributed by atoms with Crippen LogP contribution in [0.5, 0.6) is 0 Å². The number of carbonyl (C=O) groups is 1. The van der Waals surface area contributed by atoms with E-state index in [4.69, 9.17) is 0 Å². The van der Waals surface area contributed by atoms with Crippen molar-refractivity contribution in [2.45, 2.75) is 20.3 Å². The quantitative estimate of drug-likeness (QED) is 0.779. The molecule has 0 fully saturated rings. The Kier molecular flexibility index (Phi) is 3.95. The summed E-state index contributed by atoms with van der Waals surface area (Å²) in [6, 6.07) is 12.0. The fraction of sp³-hybridized carbons (Fsp3) is 0.250. The fourth-order valence-corrected chi connectivity index (χ4v) is 2.05. The Morgan fingerprint density at radius 3 is 2.53 bits per heavy atom. The Hall–Kier alpha value is -2.16. The Morgan fingerprint density at radius 1 is 1.26 bits per heavy atom. The SMILES string of the molecule is CCC(=O)c1cnc(N(C)c2ccccc2)c(C)c1. The van der Waals surface area contributed by atoms with E-state index in [2.05, 4.69) is 4.98 Å². The van der Waals surface area contributed by atoms with Crippen molar-refractivity contribution in [1.82, 2.24) is 4.98 Å². The molecule has 0 aliphatic heterocycles. The molecule has 19 heavy (non-hydrogen) atoms. The van der Waals surface area contributed by atoms with E-state index in [9.17, 15) is 4.79 Å². The van der Waals surface area contributed by atoms with Crippen molar-refractivity contribution in [1.29, 1.82) is 0 Å². The number of aryl methyl sites for hydroxylation is 1. The minimum Gasteiger partial charge on any atom is -0.329 e. The first-order chi connectivity index (χ1) is 9.13. The highest BCUT2D eigenvalue weighted by Gasteiger charge is 2.11. The van der Waals surface area contributed by atoms with Crippen LogP contribution in [0.25, 0.3) is 0 Å². The summed E-state index contributed by atoms with van der Waals surface area (Å²) >= 11 is 0. The molecule has 0 bridgehead atoms. The average Bonchev–Trinajstić information content (AvgIpc) is 2.46. The molecule has 1 heterocycles. The maximum Gasteiger partial charge on any atom is 0.164 e. The molecule has 1 aromatic carbocycles. The summed E-state index contributed by atoms with van der Waals surface area (Å²) in [6.07, 6.45) is 2.17. The highest BCUT2D eigenvalue weighted by Crippen LogP contribution is 2.24. The molecular formula is C16H18N2O. The number of pyridine rings is 1. The van der Waals surface area contributed by atoms with Gasteiger partial charge in [-0.3, -0.25) is 4.79 Å². The number of rotatable bonds is 4. The zero-order valence-electron chi connectivity index (χ0n) is 11.6. The van der Waals surface area contributed by atoms with E-state index in [0.717, 1.165) is 17.1 Å². The molecule has 0 unspecified atom stereocenters. The van der Waals surface area contributed by atoms with Gasteiger partial charge in [-0.25, -0.2) is 4.98 Å². The summed E-state index contributed by atoms with van der Waals surface area (Å²) in [4.78, 5) is 18.1. The van der Waals surface area contributed by atoms with Gasteiger partial charge in [-0.05, 0) is 30.7 Å².